The lowest BCUT2D eigenvalue weighted by Gasteiger charge is -2.19. The van der Waals surface area contributed by atoms with Gasteiger partial charge in [-0.3, -0.25) is 4.79 Å². The minimum Gasteiger partial charge on any atom is -0.323 e. The van der Waals surface area contributed by atoms with Crippen molar-refractivity contribution < 1.29 is 4.79 Å². The molecule has 1 heterocycles. The van der Waals surface area contributed by atoms with E-state index in [1.54, 1.807) is 11.0 Å². The Balaban J connectivity index is 2.02. The molecule has 0 radical (unpaired) electrons. The third-order valence-electron chi connectivity index (χ3n) is 3.48. The number of terminal acetylenes is 1. The van der Waals surface area contributed by atoms with E-state index >= 15 is 0 Å². The van der Waals surface area contributed by atoms with Crippen LogP contribution in [0.4, 0.5) is 0 Å². The normalized spacial score (nSPS) is 14.0. The van der Waals surface area contributed by atoms with Gasteiger partial charge in [-0.15, -0.1) is 6.42 Å². The highest BCUT2D eigenvalue weighted by Gasteiger charge is 2.33. The quantitative estimate of drug-likeness (QED) is 0.612. The molecule has 1 aliphatic rings. The average molecular weight is 364 g/mol. The summed E-state index contributed by atoms with van der Waals surface area (Å²) < 4.78 is 0.921. The molecule has 1 fully saturated rings. The summed E-state index contributed by atoms with van der Waals surface area (Å²) in [7, 11) is 0. The smallest absolute Gasteiger partial charge is 0.273 e. The molecule has 0 bridgehead atoms. The molecular weight excluding hydrogens is 352 g/mol. The van der Waals surface area contributed by atoms with Crippen molar-refractivity contribution in [2.24, 2.45) is 0 Å². The van der Waals surface area contributed by atoms with E-state index in [1.807, 2.05) is 18.2 Å². The molecular formula is C16H12BrClN2O. The van der Waals surface area contributed by atoms with E-state index in [4.69, 9.17) is 18.0 Å². The lowest BCUT2D eigenvalue weighted by atomic mass is 10.1. The van der Waals surface area contributed by atoms with Gasteiger partial charge in [-0.1, -0.05) is 39.5 Å². The van der Waals surface area contributed by atoms with Gasteiger partial charge in [-0.2, -0.15) is 0 Å². The number of benzene rings is 1. The van der Waals surface area contributed by atoms with Crippen LogP contribution >= 0.6 is 27.5 Å². The van der Waals surface area contributed by atoms with Gasteiger partial charge in [0.15, 0.2) is 0 Å². The van der Waals surface area contributed by atoms with Gasteiger partial charge in [0, 0.05) is 15.9 Å². The molecule has 0 saturated heterocycles. The zero-order valence-electron chi connectivity index (χ0n) is 11.1. The molecule has 21 heavy (non-hydrogen) atoms. The molecule has 0 N–H and O–H groups in total. The van der Waals surface area contributed by atoms with Gasteiger partial charge in [0.1, 0.15) is 10.8 Å². The van der Waals surface area contributed by atoms with Crippen LogP contribution in [-0.2, 0) is 0 Å². The Morgan fingerprint density at radius 3 is 2.90 bits per heavy atom. The molecule has 1 aromatic heterocycles. The molecule has 106 valence electrons. The Bertz CT molecular complexity index is 765. The molecule has 0 aliphatic heterocycles. The largest absolute Gasteiger partial charge is 0.323 e. The highest BCUT2D eigenvalue weighted by Crippen LogP contribution is 2.30. The van der Waals surface area contributed by atoms with Gasteiger partial charge in [0.2, 0.25) is 0 Å². The standard InChI is InChI=1S/C16H12BrClN2O/c1-2-7-20(12-5-6-12)16(21)14-8-10-3-4-11(17)9-13(10)15(18)19-14/h1,3-4,8-9,12H,5-7H2. The molecule has 1 aliphatic carbocycles. The van der Waals surface area contributed by atoms with E-state index in [-0.39, 0.29) is 11.9 Å². The number of carbonyl (C=O) groups excluding carboxylic acids is 1. The number of amides is 1. The molecule has 3 rings (SSSR count). The first-order valence-electron chi connectivity index (χ1n) is 6.60. The number of pyridine rings is 1. The Morgan fingerprint density at radius 2 is 2.24 bits per heavy atom. The molecule has 1 aromatic carbocycles. The van der Waals surface area contributed by atoms with Gasteiger partial charge in [0.05, 0.1) is 6.54 Å². The van der Waals surface area contributed by atoms with Gasteiger partial charge < -0.3 is 4.90 Å². The second-order valence-corrected chi connectivity index (χ2v) is 6.31. The summed E-state index contributed by atoms with van der Waals surface area (Å²) in [6.45, 7) is 0.307. The highest BCUT2D eigenvalue weighted by molar-refractivity contribution is 9.10. The fourth-order valence-electron chi connectivity index (χ4n) is 2.29. The van der Waals surface area contributed by atoms with Gasteiger partial charge in [-0.05, 0) is 36.4 Å². The lowest BCUT2D eigenvalue weighted by molar-refractivity contribution is 0.0760. The van der Waals surface area contributed by atoms with Crippen LogP contribution in [0.1, 0.15) is 23.3 Å². The zero-order valence-corrected chi connectivity index (χ0v) is 13.5. The van der Waals surface area contributed by atoms with Crippen molar-refractivity contribution in [3.05, 3.63) is 39.6 Å². The number of nitrogens with zero attached hydrogens (tertiary/aromatic N) is 2. The SMILES string of the molecule is C#CCN(C(=O)c1cc2ccc(Br)cc2c(Cl)n1)C1CC1. The number of hydrogen-bond donors (Lipinski definition) is 0. The number of fused-ring (bicyclic) bond motifs is 1. The van der Waals surface area contributed by atoms with Gasteiger partial charge >= 0.3 is 0 Å². The van der Waals surface area contributed by atoms with E-state index in [1.165, 1.54) is 0 Å². The summed E-state index contributed by atoms with van der Waals surface area (Å²) in [5, 5.41) is 2.03. The van der Waals surface area contributed by atoms with Crippen molar-refractivity contribution >= 4 is 44.2 Å². The number of rotatable bonds is 3. The Labute approximate surface area is 136 Å². The van der Waals surface area contributed by atoms with Crippen LogP contribution in [0, 0.1) is 12.3 Å². The predicted octanol–water partition coefficient (Wildman–Crippen LogP) is 3.89. The second kappa shape index (κ2) is 5.67. The lowest BCUT2D eigenvalue weighted by Crippen LogP contribution is -2.34. The topological polar surface area (TPSA) is 33.2 Å². The average Bonchev–Trinajstić information content (AvgIpc) is 3.29. The first kappa shape index (κ1) is 14.4. The molecule has 1 amide bonds. The molecule has 0 unspecified atom stereocenters. The molecule has 5 heteroatoms. The summed E-state index contributed by atoms with van der Waals surface area (Å²) >= 11 is 9.61. The van der Waals surface area contributed by atoms with Gasteiger partial charge in [0.25, 0.3) is 5.91 Å². The third-order valence-corrected chi connectivity index (χ3v) is 4.26. The summed E-state index contributed by atoms with van der Waals surface area (Å²) in [4.78, 5) is 18.5. The van der Waals surface area contributed by atoms with Crippen molar-refractivity contribution in [3.63, 3.8) is 0 Å². The van der Waals surface area contributed by atoms with Gasteiger partial charge in [-0.25, -0.2) is 4.98 Å². The number of halogens is 2. The van der Waals surface area contributed by atoms with E-state index < -0.39 is 0 Å². The van der Waals surface area contributed by atoms with E-state index in [9.17, 15) is 4.79 Å². The first-order valence-corrected chi connectivity index (χ1v) is 7.77. The van der Waals surface area contributed by atoms with Crippen LogP contribution in [-0.4, -0.2) is 28.4 Å². The predicted molar refractivity (Wildman–Crippen MR) is 87.3 cm³/mol. The van der Waals surface area contributed by atoms with Crippen LogP contribution < -0.4 is 0 Å². The Hall–Kier alpha value is -1.57. The maximum atomic E-state index is 12.6. The molecule has 2 aromatic rings. The summed E-state index contributed by atoms with van der Waals surface area (Å²) in [5.74, 6) is 2.39. The van der Waals surface area contributed by atoms with Crippen molar-refractivity contribution in [2.45, 2.75) is 18.9 Å². The second-order valence-electron chi connectivity index (χ2n) is 5.03. The molecule has 3 nitrogen and oxygen atoms in total. The maximum Gasteiger partial charge on any atom is 0.273 e. The minimum atomic E-state index is -0.151. The fraction of sp³-hybridized carbons (Fsp3) is 0.250. The summed E-state index contributed by atoms with van der Waals surface area (Å²) in [5.41, 5.74) is 0.344. The summed E-state index contributed by atoms with van der Waals surface area (Å²) in [6, 6.07) is 7.72. The van der Waals surface area contributed by atoms with Crippen LogP contribution in [0.3, 0.4) is 0 Å². The minimum absolute atomic E-state index is 0.151. The van der Waals surface area contributed by atoms with Crippen LogP contribution in [0.25, 0.3) is 10.8 Å². The summed E-state index contributed by atoms with van der Waals surface area (Å²) in [6.07, 6.45) is 7.36. The van der Waals surface area contributed by atoms with Crippen molar-refractivity contribution in [1.29, 1.82) is 0 Å². The molecule has 0 atom stereocenters. The Kier molecular flexibility index (Phi) is 3.88. The van der Waals surface area contributed by atoms with E-state index in [2.05, 4.69) is 26.8 Å². The molecule has 0 spiro atoms. The van der Waals surface area contributed by atoms with Crippen molar-refractivity contribution in [3.8, 4) is 12.3 Å². The van der Waals surface area contributed by atoms with Crippen LogP contribution in [0.15, 0.2) is 28.7 Å². The third kappa shape index (κ3) is 2.90. The van der Waals surface area contributed by atoms with E-state index in [0.29, 0.717) is 17.4 Å². The fourth-order valence-corrected chi connectivity index (χ4v) is 2.90. The highest BCUT2D eigenvalue weighted by atomic mass is 79.9. The van der Waals surface area contributed by atoms with Crippen molar-refractivity contribution in [1.82, 2.24) is 9.88 Å². The first-order chi connectivity index (χ1) is 10.1. The number of carbonyl (C=O) groups is 1. The van der Waals surface area contributed by atoms with E-state index in [0.717, 1.165) is 28.1 Å². The van der Waals surface area contributed by atoms with Crippen LogP contribution in [0.5, 0.6) is 0 Å². The molecule has 1 saturated carbocycles. The number of aromatic nitrogens is 1. The maximum absolute atomic E-state index is 12.6. The Morgan fingerprint density at radius 1 is 1.48 bits per heavy atom. The van der Waals surface area contributed by atoms with Crippen LogP contribution in [0.2, 0.25) is 5.15 Å². The van der Waals surface area contributed by atoms with Crippen molar-refractivity contribution in [2.75, 3.05) is 6.54 Å². The monoisotopic (exact) mass is 362 g/mol. The number of hydrogen-bond acceptors (Lipinski definition) is 2. The zero-order chi connectivity index (χ0) is 15.0.